The van der Waals surface area contributed by atoms with E-state index >= 15 is 0 Å². The Morgan fingerprint density at radius 1 is 1.36 bits per heavy atom. The van der Waals surface area contributed by atoms with Gasteiger partial charge in [0.05, 0.1) is 17.9 Å². The molecule has 8 heteroatoms. The van der Waals surface area contributed by atoms with Crippen LogP contribution in [0.2, 0.25) is 0 Å². The van der Waals surface area contributed by atoms with Gasteiger partial charge in [0.2, 0.25) is 0 Å². The lowest BCUT2D eigenvalue weighted by atomic mass is 10.0. The minimum Gasteiger partial charge on any atom is -0.505 e. The van der Waals surface area contributed by atoms with Gasteiger partial charge in [-0.25, -0.2) is 4.57 Å². The maximum absolute atomic E-state index is 11.1. The van der Waals surface area contributed by atoms with Gasteiger partial charge in [0.25, 0.3) is 0 Å². The molecule has 0 unspecified atom stereocenters. The molecule has 1 aromatic heterocycles. The van der Waals surface area contributed by atoms with Crippen LogP contribution in [0, 0.1) is 12.3 Å². The van der Waals surface area contributed by atoms with Crippen molar-refractivity contribution < 1.29 is 28.8 Å². The number of rotatable bonds is 9. The van der Waals surface area contributed by atoms with Crippen LogP contribution in [0.5, 0.6) is 5.75 Å². The molecular weight excluding hydrogens is 309 g/mol. The van der Waals surface area contributed by atoms with E-state index in [1.807, 2.05) is 0 Å². The quantitative estimate of drug-likeness (QED) is 0.275. The fraction of sp³-hybridized carbons (Fsp3) is 0.429. The monoisotopic (exact) mass is 327 g/mol. The Morgan fingerprint density at radius 2 is 2.09 bits per heavy atom. The van der Waals surface area contributed by atoms with Crippen molar-refractivity contribution in [3.05, 3.63) is 23.0 Å². The smallest absolute Gasteiger partial charge is 0.469 e. The van der Waals surface area contributed by atoms with E-state index in [9.17, 15) is 14.5 Å². The summed E-state index contributed by atoms with van der Waals surface area (Å²) in [5, 5.41) is 10.0. The molecule has 0 fully saturated rings. The fourth-order valence-corrected chi connectivity index (χ4v) is 2.18. The minimum absolute atomic E-state index is 0.0675. The van der Waals surface area contributed by atoms with Crippen molar-refractivity contribution in [2.75, 3.05) is 0 Å². The van der Waals surface area contributed by atoms with Gasteiger partial charge in [0, 0.05) is 18.2 Å². The zero-order valence-electron chi connectivity index (χ0n) is 11.9. The Bertz CT molecular complexity index is 604. The molecule has 1 aromatic rings. The molecule has 120 valence electrons. The van der Waals surface area contributed by atoms with Crippen LogP contribution in [0.15, 0.2) is 6.20 Å². The molecule has 0 atom stereocenters. The molecule has 0 saturated heterocycles. The first-order valence-electron chi connectivity index (χ1n) is 6.67. The Morgan fingerprint density at radius 3 is 2.68 bits per heavy atom. The van der Waals surface area contributed by atoms with Crippen LogP contribution in [-0.2, 0) is 22.1 Å². The van der Waals surface area contributed by atoms with E-state index in [1.165, 1.54) is 6.20 Å². The van der Waals surface area contributed by atoms with Crippen LogP contribution in [0.1, 0.15) is 47.3 Å². The number of nitrogens with zero attached hydrogens (tertiary/aromatic N) is 1. The molecule has 0 saturated carbocycles. The number of unbranched alkanes of at least 4 members (excludes halogenated alkanes) is 3. The third-order valence-electron chi connectivity index (χ3n) is 2.99. The summed E-state index contributed by atoms with van der Waals surface area (Å²) in [5.74, 6) is 2.26. The number of aryl methyl sites for hydroxylation is 1. The summed E-state index contributed by atoms with van der Waals surface area (Å²) < 4.78 is 15.0. The lowest BCUT2D eigenvalue weighted by molar-refractivity contribution is 0.111. The van der Waals surface area contributed by atoms with Crippen molar-refractivity contribution in [3.63, 3.8) is 0 Å². The van der Waals surface area contributed by atoms with E-state index in [1.54, 1.807) is 0 Å². The van der Waals surface area contributed by atoms with E-state index in [0.29, 0.717) is 24.8 Å². The summed E-state index contributed by atoms with van der Waals surface area (Å²) in [6.45, 7) is -0.513. The Kier molecular flexibility index (Phi) is 7.22. The van der Waals surface area contributed by atoms with Gasteiger partial charge < -0.3 is 14.9 Å². The lowest BCUT2D eigenvalue weighted by Gasteiger charge is -2.11. The van der Waals surface area contributed by atoms with Crippen molar-refractivity contribution in [1.82, 2.24) is 4.98 Å². The molecule has 0 aliphatic heterocycles. The number of phosphoric ester groups is 1. The molecule has 0 amide bonds. The number of hydrogen-bond acceptors (Lipinski definition) is 5. The second kappa shape index (κ2) is 8.66. The molecule has 1 heterocycles. The van der Waals surface area contributed by atoms with Gasteiger partial charge in [0.15, 0.2) is 6.29 Å². The van der Waals surface area contributed by atoms with Gasteiger partial charge >= 0.3 is 7.82 Å². The number of carbonyl (C=O) groups is 1. The predicted molar refractivity (Wildman–Crippen MR) is 79.1 cm³/mol. The summed E-state index contributed by atoms with van der Waals surface area (Å²) in [6, 6.07) is 0. The summed E-state index contributed by atoms with van der Waals surface area (Å²) in [6.07, 6.45) is 10.5. The number of pyridine rings is 1. The molecule has 0 aliphatic rings. The number of phosphoric acid groups is 1. The van der Waals surface area contributed by atoms with Gasteiger partial charge in [0.1, 0.15) is 5.75 Å². The molecule has 0 radical (unpaired) electrons. The second-order valence-corrected chi connectivity index (χ2v) is 5.88. The molecule has 3 N–H and O–H groups in total. The Hall–Kier alpha value is -1.71. The largest absolute Gasteiger partial charge is 0.505 e. The predicted octanol–water partition coefficient (Wildman–Crippen LogP) is 1.95. The van der Waals surface area contributed by atoms with Crippen LogP contribution in [0.4, 0.5) is 0 Å². The highest BCUT2D eigenvalue weighted by molar-refractivity contribution is 7.46. The second-order valence-electron chi connectivity index (χ2n) is 4.64. The molecule has 22 heavy (non-hydrogen) atoms. The molecule has 0 aliphatic carbocycles. The Balaban J connectivity index is 2.76. The van der Waals surface area contributed by atoms with Crippen molar-refractivity contribution in [2.45, 2.75) is 38.7 Å². The number of aromatic nitrogens is 1. The average Bonchev–Trinajstić information content (AvgIpc) is 2.45. The average molecular weight is 327 g/mol. The fourth-order valence-electron chi connectivity index (χ4n) is 1.87. The molecular formula is C14H18NO6P. The maximum atomic E-state index is 11.1. The molecule has 0 aromatic carbocycles. The Labute approximate surface area is 128 Å². The van der Waals surface area contributed by atoms with Crippen LogP contribution in [0.3, 0.4) is 0 Å². The van der Waals surface area contributed by atoms with E-state index in [0.717, 1.165) is 19.3 Å². The van der Waals surface area contributed by atoms with Gasteiger partial charge in [-0.2, -0.15) is 0 Å². The number of hydrogen-bond donors (Lipinski definition) is 3. The lowest BCUT2D eigenvalue weighted by Crippen LogP contribution is -2.02. The first-order valence-corrected chi connectivity index (χ1v) is 8.20. The normalized spacial score (nSPS) is 11.1. The molecule has 0 bridgehead atoms. The van der Waals surface area contributed by atoms with E-state index < -0.39 is 14.4 Å². The van der Waals surface area contributed by atoms with Gasteiger partial charge in [-0.05, 0) is 19.3 Å². The summed E-state index contributed by atoms with van der Waals surface area (Å²) in [4.78, 5) is 32.4. The SMILES string of the molecule is C#CCCCCCc1ncc(COP(=O)(O)O)c(C=O)c1O. The number of terminal acetylenes is 1. The van der Waals surface area contributed by atoms with Crippen LogP contribution >= 0.6 is 7.82 Å². The molecule has 1 rings (SSSR count). The van der Waals surface area contributed by atoms with Crippen molar-refractivity contribution in [2.24, 2.45) is 0 Å². The van der Waals surface area contributed by atoms with Crippen LogP contribution in [0.25, 0.3) is 0 Å². The van der Waals surface area contributed by atoms with Crippen LogP contribution < -0.4 is 0 Å². The summed E-state index contributed by atoms with van der Waals surface area (Å²) in [5.41, 5.74) is 0.414. The number of carbonyl (C=O) groups excluding carboxylic acids is 1. The van der Waals surface area contributed by atoms with Crippen LogP contribution in [-0.4, -0.2) is 26.2 Å². The molecule has 0 spiro atoms. The van der Waals surface area contributed by atoms with Gasteiger partial charge in [-0.15, -0.1) is 12.3 Å². The van der Waals surface area contributed by atoms with E-state index in [4.69, 9.17) is 16.2 Å². The van der Waals surface area contributed by atoms with Crippen molar-refractivity contribution >= 4 is 14.1 Å². The maximum Gasteiger partial charge on any atom is 0.469 e. The minimum atomic E-state index is -4.66. The first-order chi connectivity index (χ1) is 10.4. The van der Waals surface area contributed by atoms with Crippen molar-refractivity contribution in [3.8, 4) is 18.1 Å². The summed E-state index contributed by atoms with van der Waals surface area (Å²) in [7, 11) is -4.66. The van der Waals surface area contributed by atoms with Gasteiger partial charge in [-0.1, -0.05) is 6.42 Å². The third kappa shape index (κ3) is 5.96. The van der Waals surface area contributed by atoms with Gasteiger partial charge in [-0.3, -0.25) is 14.3 Å². The highest BCUT2D eigenvalue weighted by atomic mass is 31.2. The third-order valence-corrected chi connectivity index (χ3v) is 3.46. The zero-order valence-corrected chi connectivity index (χ0v) is 12.8. The highest BCUT2D eigenvalue weighted by Gasteiger charge is 2.18. The number of aromatic hydroxyl groups is 1. The van der Waals surface area contributed by atoms with E-state index in [-0.39, 0.29) is 16.9 Å². The van der Waals surface area contributed by atoms with E-state index in [2.05, 4.69) is 15.4 Å². The highest BCUT2D eigenvalue weighted by Crippen LogP contribution is 2.37. The molecule has 7 nitrogen and oxygen atoms in total. The first kappa shape index (κ1) is 18.3. The summed E-state index contributed by atoms with van der Waals surface area (Å²) >= 11 is 0. The zero-order chi connectivity index (χ0) is 16.6. The topological polar surface area (TPSA) is 117 Å². The van der Waals surface area contributed by atoms with Crippen molar-refractivity contribution in [1.29, 1.82) is 0 Å². The number of aldehydes is 1. The standard InChI is InChI=1S/C14H18NO6P/c1-2-3-4-5-6-7-13-14(17)12(9-16)11(8-15-13)10-21-22(18,19)20/h1,8-9,17H,3-7,10H2,(H2,18,19,20).